The first-order chi connectivity index (χ1) is 12.3. The van der Waals surface area contributed by atoms with Crippen LogP contribution in [0.2, 0.25) is 0 Å². The molecule has 0 aliphatic rings. The molecule has 26 heavy (non-hydrogen) atoms. The van der Waals surface area contributed by atoms with Gasteiger partial charge in [-0.1, -0.05) is 30.3 Å². The standard InChI is InChI=1S/C22H30N2O2/c1-16(2)24(20-10-8-7-9-11-20)21(25)15-23(5)14-19-12-17(3)22(26-6)18(4)13-19/h7-13,16H,14-15H2,1-6H3. The van der Waals surface area contributed by atoms with Gasteiger partial charge in [-0.15, -0.1) is 0 Å². The molecule has 0 aliphatic heterocycles. The van der Waals surface area contributed by atoms with Crippen molar-refractivity contribution >= 4 is 11.6 Å². The molecule has 0 aliphatic carbocycles. The Balaban J connectivity index is 2.09. The van der Waals surface area contributed by atoms with Gasteiger partial charge in [-0.3, -0.25) is 9.69 Å². The van der Waals surface area contributed by atoms with Crippen molar-refractivity contribution in [2.75, 3.05) is 25.6 Å². The maximum atomic E-state index is 12.9. The van der Waals surface area contributed by atoms with Crippen LogP contribution in [0.5, 0.6) is 5.75 Å². The lowest BCUT2D eigenvalue weighted by Gasteiger charge is -2.29. The van der Waals surface area contributed by atoms with E-state index < -0.39 is 0 Å². The molecule has 2 aromatic rings. The van der Waals surface area contributed by atoms with Crippen molar-refractivity contribution in [1.29, 1.82) is 0 Å². The number of carbonyl (C=O) groups is 1. The summed E-state index contributed by atoms with van der Waals surface area (Å²) in [6.07, 6.45) is 0. The molecule has 0 heterocycles. The minimum atomic E-state index is 0.107. The van der Waals surface area contributed by atoms with Crippen LogP contribution in [0.25, 0.3) is 0 Å². The molecule has 0 atom stereocenters. The second-order valence-electron chi connectivity index (χ2n) is 7.13. The quantitative estimate of drug-likeness (QED) is 0.747. The highest BCUT2D eigenvalue weighted by Crippen LogP contribution is 2.25. The van der Waals surface area contributed by atoms with E-state index in [2.05, 4.69) is 30.9 Å². The lowest BCUT2D eigenvalue weighted by Crippen LogP contribution is -2.42. The fourth-order valence-electron chi connectivity index (χ4n) is 3.45. The summed E-state index contributed by atoms with van der Waals surface area (Å²) in [5.41, 5.74) is 4.37. The molecule has 0 spiro atoms. The van der Waals surface area contributed by atoms with Crippen LogP contribution < -0.4 is 9.64 Å². The average Bonchev–Trinajstić information content (AvgIpc) is 2.55. The molecule has 0 aromatic heterocycles. The molecule has 1 amide bonds. The van der Waals surface area contributed by atoms with Gasteiger partial charge in [0.25, 0.3) is 0 Å². The Labute approximate surface area is 157 Å². The predicted molar refractivity (Wildman–Crippen MR) is 108 cm³/mol. The SMILES string of the molecule is COc1c(C)cc(CN(C)CC(=O)N(c2ccccc2)C(C)C)cc1C. The summed E-state index contributed by atoms with van der Waals surface area (Å²) in [6, 6.07) is 14.2. The molecule has 0 fully saturated rings. The van der Waals surface area contributed by atoms with Crippen molar-refractivity contribution in [2.45, 2.75) is 40.3 Å². The van der Waals surface area contributed by atoms with Crippen LogP contribution in [0, 0.1) is 13.8 Å². The van der Waals surface area contributed by atoms with Crippen LogP contribution in [0.1, 0.15) is 30.5 Å². The molecule has 0 radical (unpaired) electrons. The summed E-state index contributed by atoms with van der Waals surface area (Å²) >= 11 is 0. The molecule has 4 heteroatoms. The maximum absolute atomic E-state index is 12.9. The molecule has 4 nitrogen and oxygen atoms in total. The number of methoxy groups -OCH3 is 1. The lowest BCUT2D eigenvalue weighted by atomic mass is 10.1. The molecular formula is C22H30N2O2. The number of anilines is 1. The van der Waals surface area contributed by atoms with Crippen LogP contribution in [-0.2, 0) is 11.3 Å². The molecule has 0 saturated heterocycles. The monoisotopic (exact) mass is 354 g/mol. The summed E-state index contributed by atoms with van der Waals surface area (Å²) in [4.78, 5) is 16.8. The lowest BCUT2D eigenvalue weighted by molar-refractivity contribution is -0.119. The number of aryl methyl sites for hydroxylation is 2. The Kier molecular flexibility index (Phi) is 6.81. The number of nitrogens with zero attached hydrogens (tertiary/aromatic N) is 2. The number of likely N-dealkylation sites (N-methyl/N-ethyl adjacent to an activating group) is 1. The molecule has 0 N–H and O–H groups in total. The third-order valence-corrected chi connectivity index (χ3v) is 4.40. The summed E-state index contributed by atoms with van der Waals surface area (Å²) in [5.74, 6) is 1.04. The number of amides is 1. The van der Waals surface area contributed by atoms with Gasteiger partial charge in [0.1, 0.15) is 5.75 Å². The molecule has 2 rings (SSSR count). The van der Waals surface area contributed by atoms with E-state index >= 15 is 0 Å². The Morgan fingerprint density at radius 1 is 1.08 bits per heavy atom. The number of rotatable bonds is 7. The molecule has 0 bridgehead atoms. The van der Waals surface area contributed by atoms with Crippen molar-refractivity contribution in [1.82, 2.24) is 4.90 Å². The van der Waals surface area contributed by atoms with E-state index in [0.29, 0.717) is 6.54 Å². The topological polar surface area (TPSA) is 32.8 Å². The number of hydrogen-bond donors (Lipinski definition) is 0. The van der Waals surface area contributed by atoms with Crippen molar-refractivity contribution in [2.24, 2.45) is 0 Å². The van der Waals surface area contributed by atoms with E-state index in [4.69, 9.17) is 4.74 Å². The molecule has 2 aromatic carbocycles. The predicted octanol–water partition coefficient (Wildman–Crippen LogP) is 4.19. The number of para-hydroxylation sites is 1. The van der Waals surface area contributed by atoms with Gasteiger partial charge in [0, 0.05) is 18.3 Å². The van der Waals surface area contributed by atoms with Crippen molar-refractivity contribution in [3.8, 4) is 5.75 Å². The minimum absolute atomic E-state index is 0.107. The van der Waals surface area contributed by atoms with E-state index in [-0.39, 0.29) is 11.9 Å². The van der Waals surface area contributed by atoms with Crippen molar-refractivity contribution in [3.05, 3.63) is 59.2 Å². The van der Waals surface area contributed by atoms with Gasteiger partial charge in [0.15, 0.2) is 0 Å². The number of carbonyl (C=O) groups excluding carboxylic acids is 1. The first kappa shape index (κ1) is 20.0. The van der Waals surface area contributed by atoms with Gasteiger partial charge < -0.3 is 9.64 Å². The zero-order chi connectivity index (χ0) is 19.3. The Bertz CT molecular complexity index is 718. The fourth-order valence-corrected chi connectivity index (χ4v) is 3.45. The first-order valence-electron chi connectivity index (χ1n) is 9.03. The Hall–Kier alpha value is -2.33. The number of hydrogen-bond acceptors (Lipinski definition) is 3. The van der Waals surface area contributed by atoms with Crippen LogP contribution in [0.15, 0.2) is 42.5 Å². The van der Waals surface area contributed by atoms with Crippen molar-refractivity contribution in [3.63, 3.8) is 0 Å². The van der Waals surface area contributed by atoms with Gasteiger partial charge in [0.05, 0.1) is 13.7 Å². The van der Waals surface area contributed by atoms with Crippen LogP contribution >= 0.6 is 0 Å². The van der Waals surface area contributed by atoms with E-state index in [1.54, 1.807) is 7.11 Å². The Morgan fingerprint density at radius 2 is 1.65 bits per heavy atom. The average molecular weight is 354 g/mol. The van der Waals surface area contributed by atoms with Crippen molar-refractivity contribution < 1.29 is 9.53 Å². The van der Waals surface area contributed by atoms with Gasteiger partial charge >= 0.3 is 0 Å². The highest BCUT2D eigenvalue weighted by Gasteiger charge is 2.20. The highest BCUT2D eigenvalue weighted by molar-refractivity contribution is 5.95. The number of ether oxygens (including phenoxy) is 1. The normalized spacial score (nSPS) is 11.1. The summed E-state index contributed by atoms with van der Waals surface area (Å²) in [7, 11) is 3.68. The summed E-state index contributed by atoms with van der Waals surface area (Å²) in [5, 5.41) is 0. The summed E-state index contributed by atoms with van der Waals surface area (Å²) in [6.45, 7) is 9.28. The Morgan fingerprint density at radius 3 is 2.15 bits per heavy atom. The molecule has 140 valence electrons. The second-order valence-corrected chi connectivity index (χ2v) is 7.13. The van der Waals surface area contributed by atoms with Gasteiger partial charge in [-0.25, -0.2) is 0 Å². The van der Waals surface area contributed by atoms with Gasteiger partial charge in [-0.2, -0.15) is 0 Å². The second kappa shape index (κ2) is 8.86. The first-order valence-corrected chi connectivity index (χ1v) is 9.03. The molecule has 0 saturated carbocycles. The van der Waals surface area contributed by atoms with E-state index in [9.17, 15) is 4.79 Å². The minimum Gasteiger partial charge on any atom is -0.496 e. The number of benzene rings is 2. The van der Waals surface area contributed by atoms with E-state index in [1.165, 1.54) is 5.56 Å². The fraction of sp³-hybridized carbons (Fsp3) is 0.409. The third-order valence-electron chi connectivity index (χ3n) is 4.40. The van der Waals surface area contributed by atoms with Gasteiger partial charge in [-0.05, 0) is 63.6 Å². The maximum Gasteiger partial charge on any atom is 0.241 e. The third kappa shape index (κ3) is 4.85. The zero-order valence-electron chi connectivity index (χ0n) is 16.7. The van der Waals surface area contributed by atoms with Crippen LogP contribution in [0.4, 0.5) is 5.69 Å². The van der Waals surface area contributed by atoms with Crippen LogP contribution in [0.3, 0.4) is 0 Å². The van der Waals surface area contributed by atoms with Crippen LogP contribution in [-0.4, -0.2) is 37.6 Å². The molecular weight excluding hydrogens is 324 g/mol. The smallest absolute Gasteiger partial charge is 0.241 e. The van der Waals surface area contributed by atoms with E-state index in [1.807, 2.05) is 56.1 Å². The van der Waals surface area contributed by atoms with E-state index in [0.717, 1.165) is 29.1 Å². The highest BCUT2D eigenvalue weighted by atomic mass is 16.5. The largest absolute Gasteiger partial charge is 0.496 e. The van der Waals surface area contributed by atoms with Gasteiger partial charge in [0.2, 0.25) is 5.91 Å². The molecule has 0 unspecified atom stereocenters. The zero-order valence-corrected chi connectivity index (χ0v) is 16.7. The summed E-state index contributed by atoms with van der Waals surface area (Å²) < 4.78 is 5.43.